The largest absolute Gasteiger partial charge is 0.364 e. The van der Waals surface area contributed by atoms with Gasteiger partial charge in [-0.25, -0.2) is 0 Å². The third-order valence-electron chi connectivity index (χ3n) is 5.85. The monoisotopic (exact) mass is 585 g/mol. The Balaban J connectivity index is 1.62. The number of ether oxygens (including phenoxy) is 1. The number of para-hydroxylation sites is 1. The second-order valence-electron chi connectivity index (χ2n) is 8.13. The summed E-state index contributed by atoms with van der Waals surface area (Å²) in [6.07, 6.45) is -0.252. The molecule has 1 fully saturated rings. The summed E-state index contributed by atoms with van der Waals surface area (Å²) in [5, 5.41) is 8.43. The van der Waals surface area contributed by atoms with Crippen molar-refractivity contribution in [1.29, 1.82) is 0 Å². The van der Waals surface area contributed by atoms with Crippen molar-refractivity contribution >= 4 is 60.6 Å². The highest BCUT2D eigenvalue weighted by Gasteiger charge is 2.40. The van der Waals surface area contributed by atoms with Crippen molar-refractivity contribution in [1.82, 2.24) is 5.43 Å². The van der Waals surface area contributed by atoms with Crippen LogP contribution in [0, 0.1) is 11.8 Å². The highest BCUT2D eigenvalue weighted by atomic mass is 79.9. The molecular weight excluding hydrogens is 562 g/mol. The van der Waals surface area contributed by atoms with Crippen LogP contribution in [0.2, 0.25) is 0 Å². The molecule has 1 aliphatic rings. The third-order valence-corrected chi connectivity index (χ3v) is 7.10. The summed E-state index contributed by atoms with van der Waals surface area (Å²) in [5.74, 6) is 0.139. The van der Waals surface area contributed by atoms with E-state index >= 15 is 0 Å². The van der Waals surface area contributed by atoms with Gasteiger partial charge in [-0.15, -0.1) is 0 Å². The van der Waals surface area contributed by atoms with E-state index in [2.05, 4.69) is 80.7 Å². The van der Waals surface area contributed by atoms with Crippen LogP contribution in [0.15, 0.2) is 92.9 Å². The van der Waals surface area contributed by atoms with Crippen LogP contribution in [0.3, 0.4) is 0 Å². The van der Waals surface area contributed by atoms with Crippen LogP contribution in [0.5, 0.6) is 0 Å². The predicted octanol–water partition coefficient (Wildman–Crippen LogP) is 7.64. The van der Waals surface area contributed by atoms with Gasteiger partial charge in [0.05, 0.1) is 12.2 Å². The van der Waals surface area contributed by atoms with Gasteiger partial charge in [0.1, 0.15) is 0 Å². The molecule has 1 aliphatic heterocycles. The molecule has 4 rings (SSSR count). The molecule has 3 aromatic rings. The van der Waals surface area contributed by atoms with E-state index in [9.17, 15) is 0 Å². The first-order valence-electron chi connectivity index (χ1n) is 10.8. The number of rotatable bonds is 4. The number of thiocarbonyl (C=S) groups is 1. The minimum atomic E-state index is -0.126. The molecular formula is C26H25Br2N3OS. The van der Waals surface area contributed by atoms with E-state index in [1.54, 1.807) is 0 Å². The SMILES string of the molecule is CC1C(=NNC(=S)Nc2ccccc2)C(C)C(c2ccc(Br)cc2)OC1c1ccc(Br)cc1. The Morgan fingerprint density at radius 2 is 1.27 bits per heavy atom. The number of benzene rings is 3. The minimum absolute atomic E-state index is 0.0694. The summed E-state index contributed by atoms with van der Waals surface area (Å²) >= 11 is 12.5. The van der Waals surface area contributed by atoms with Gasteiger partial charge in [0, 0.05) is 32.2 Å². The van der Waals surface area contributed by atoms with Gasteiger partial charge in [0.2, 0.25) is 0 Å². The molecule has 4 nitrogen and oxygen atoms in total. The molecule has 170 valence electrons. The number of nitrogens with one attached hydrogen (secondary N) is 2. The molecule has 1 saturated heterocycles. The van der Waals surface area contributed by atoms with E-state index in [4.69, 9.17) is 22.1 Å². The zero-order chi connectivity index (χ0) is 23.4. The van der Waals surface area contributed by atoms with Crippen molar-refractivity contribution in [2.45, 2.75) is 26.1 Å². The lowest BCUT2D eigenvalue weighted by molar-refractivity contribution is -0.0638. The quantitative estimate of drug-likeness (QED) is 0.243. The van der Waals surface area contributed by atoms with Crippen LogP contribution in [-0.4, -0.2) is 10.8 Å². The van der Waals surface area contributed by atoms with Gasteiger partial charge in [-0.2, -0.15) is 5.10 Å². The van der Waals surface area contributed by atoms with E-state index in [0.29, 0.717) is 5.11 Å². The van der Waals surface area contributed by atoms with Crippen molar-refractivity contribution in [3.05, 3.63) is 98.9 Å². The smallest absolute Gasteiger partial charge is 0.191 e. The maximum absolute atomic E-state index is 6.71. The van der Waals surface area contributed by atoms with Crippen LogP contribution in [0.25, 0.3) is 0 Å². The maximum Gasteiger partial charge on any atom is 0.191 e. The van der Waals surface area contributed by atoms with Crippen LogP contribution in [0.4, 0.5) is 5.69 Å². The summed E-state index contributed by atoms with van der Waals surface area (Å²) < 4.78 is 8.79. The summed E-state index contributed by atoms with van der Waals surface area (Å²) in [6.45, 7) is 4.32. The van der Waals surface area contributed by atoms with Crippen molar-refractivity contribution in [2.24, 2.45) is 16.9 Å². The summed E-state index contributed by atoms with van der Waals surface area (Å²) in [7, 11) is 0. The van der Waals surface area contributed by atoms with Gasteiger partial charge in [0.15, 0.2) is 5.11 Å². The molecule has 0 radical (unpaired) electrons. The lowest BCUT2D eigenvalue weighted by Crippen LogP contribution is -2.40. The van der Waals surface area contributed by atoms with Gasteiger partial charge < -0.3 is 10.1 Å². The fraction of sp³-hybridized carbons (Fsp3) is 0.231. The predicted molar refractivity (Wildman–Crippen MR) is 146 cm³/mol. The highest BCUT2D eigenvalue weighted by Crippen LogP contribution is 2.44. The van der Waals surface area contributed by atoms with Crippen LogP contribution in [-0.2, 0) is 4.74 Å². The standard InChI is InChI=1S/C26H25Br2N3OS/c1-16-23(30-31-26(33)29-22-6-4-3-5-7-22)17(2)25(19-10-14-21(28)15-11-19)32-24(16)18-8-12-20(27)13-9-18/h3-17,24-25H,1-2H3,(H2,29,31,33). The molecule has 0 bridgehead atoms. The van der Waals surface area contributed by atoms with Crippen LogP contribution < -0.4 is 10.7 Å². The Labute approximate surface area is 217 Å². The Morgan fingerprint density at radius 3 is 1.76 bits per heavy atom. The van der Waals surface area contributed by atoms with Crippen molar-refractivity contribution in [3.8, 4) is 0 Å². The minimum Gasteiger partial charge on any atom is -0.364 e. The second-order valence-corrected chi connectivity index (χ2v) is 10.4. The Bertz CT molecular complexity index is 1060. The van der Waals surface area contributed by atoms with E-state index in [-0.39, 0.29) is 24.0 Å². The molecule has 0 amide bonds. The van der Waals surface area contributed by atoms with E-state index in [0.717, 1.165) is 31.5 Å². The molecule has 0 saturated carbocycles. The summed E-state index contributed by atoms with van der Waals surface area (Å²) in [5.41, 5.74) is 7.25. The van der Waals surface area contributed by atoms with E-state index in [1.165, 1.54) is 0 Å². The summed E-state index contributed by atoms with van der Waals surface area (Å²) in [4.78, 5) is 0. The van der Waals surface area contributed by atoms with Crippen molar-refractivity contribution in [2.75, 3.05) is 5.32 Å². The van der Waals surface area contributed by atoms with Gasteiger partial charge in [-0.05, 0) is 59.7 Å². The number of nitrogens with zero attached hydrogens (tertiary/aromatic N) is 1. The average Bonchev–Trinajstić information content (AvgIpc) is 2.81. The number of halogens is 2. The van der Waals surface area contributed by atoms with E-state index < -0.39 is 0 Å². The van der Waals surface area contributed by atoms with Crippen molar-refractivity contribution in [3.63, 3.8) is 0 Å². The molecule has 33 heavy (non-hydrogen) atoms. The lowest BCUT2D eigenvalue weighted by Gasteiger charge is -2.40. The number of hydrazone groups is 1. The Kier molecular flexibility index (Phi) is 7.96. The fourth-order valence-corrected chi connectivity index (χ4v) is 4.85. The topological polar surface area (TPSA) is 45.7 Å². The second kappa shape index (κ2) is 10.9. The maximum atomic E-state index is 6.71. The first-order valence-corrected chi connectivity index (χ1v) is 12.8. The fourth-order valence-electron chi connectivity index (χ4n) is 4.16. The van der Waals surface area contributed by atoms with Crippen LogP contribution >= 0.6 is 44.1 Å². The molecule has 0 aliphatic carbocycles. The zero-order valence-electron chi connectivity index (χ0n) is 18.3. The normalized spacial score (nSPS) is 22.5. The molecule has 7 heteroatoms. The number of anilines is 1. The number of hydrogen-bond donors (Lipinski definition) is 2. The van der Waals surface area contributed by atoms with Gasteiger partial charge in [-0.3, -0.25) is 5.43 Å². The molecule has 1 heterocycles. The lowest BCUT2D eigenvalue weighted by atomic mass is 9.79. The van der Waals surface area contributed by atoms with Gasteiger partial charge >= 0.3 is 0 Å². The number of hydrogen-bond acceptors (Lipinski definition) is 3. The third kappa shape index (κ3) is 5.90. The molecule has 4 atom stereocenters. The molecule has 0 spiro atoms. The first-order chi connectivity index (χ1) is 15.9. The molecule has 0 aromatic heterocycles. The summed E-state index contributed by atoms with van der Waals surface area (Å²) in [6, 6.07) is 26.4. The molecule has 2 N–H and O–H groups in total. The van der Waals surface area contributed by atoms with Crippen LogP contribution in [0.1, 0.15) is 37.2 Å². The average molecular weight is 587 g/mol. The van der Waals surface area contributed by atoms with Crippen molar-refractivity contribution < 1.29 is 4.74 Å². The highest BCUT2D eigenvalue weighted by molar-refractivity contribution is 9.10. The molecule has 4 unspecified atom stereocenters. The van der Waals surface area contributed by atoms with E-state index in [1.807, 2.05) is 54.6 Å². The zero-order valence-corrected chi connectivity index (χ0v) is 22.3. The Hall–Kier alpha value is -2.06. The Morgan fingerprint density at radius 1 is 0.788 bits per heavy atom. The van der Waals surface area contributed by atoms with Gasteiger partial charge in [0.25, 0.3) is 0 Å². The first kappa shape index (κ1) is 24.1. The van der Waals surface area contributed by atoms with Gasteiger partial charge in [-0.1, -0.05) is 88.2 Å². The molecule has 3 aromatic carbocycles.